The molecule has 120 valence electrons. The summed E-state index contributed by atoms with van der Waals surface area (Å²) in [6.07, 6.45) is 4.89. The Balaban J connectivity index is 1.77. The Bertz CT molecular complexity index is 709. The Morgan fingerprint density at radius 2 is 2.13 bits per heavy atom. The van der Waals surface area contributed by atoms with Crippen LogP contribution in [0.1, 0.15) is 40.4 Å². The van der Waals surface area contributed by atoms with Gasteiger partial charge in [0.2, 0.25) is 0 Å². The zero-order valence-corrected chi connectivity index (χ0v) is 13.5. The molecule has 1 atom stereocenters. The molecule has 2 aromatic rings. The molecular weight excluding hydrogens is 288 g/mol. The molecule has 1 heterocycles. The van der Waals surface area contributed by atoms with E-state index in [0.717, 1.165) is 30.8 Å². The minimum Gasteiger partial charge on any atom is -0.399 e. The number of carbonyl (C=O) groups is 1. The summed E-state index contributed by atoms with van der Waals surface area (Å²) in [7, 11) is 3.47. The molecule has 1 aromatic carbocycles. The molecule has 1 aromatic heterocycles. The first-order chi connectivity index (χ1) is 11.0. The number of hydrogen-bond acceptors (Lipinski definition) is 4. The molecule has 1 aliphatic rings. The van der Waals surface area contributed by atoms with Crippen LogP contribution in [0.2, 0.25) is 0 Å². The highest BCUT2D eigenvalue weighted by molar-refractivity contribution is 5.93. The van der Waals surface area contributed by atoms with Gasteiger partial charge in [0.25, 0.3) is 5.91 Å². The van der Waals surface area contributed by atoms with Crippen LogP contribution in [0, 0.1) is 0 Å². The smallest absolute Gasteiger partial charge is 0.254 e. The average Bonchev–Trinajstić information content (AvgIpc) is 2.54. The van der Waals surface area contributed by atoms with E-state index in [1.807, 2.05) is 18.2 Å². The van der Waals surface area contributed by atoms with E-state index in [-0.39, 0.29) is 11.9 Å². The highest BCUT2D eigenvalue weighted by atomic mass is 16.2. The van der Waals surface area contributed by atoms with Gasteiger partial charge in [-0.25, -0.2) is 4.98 Å². The molecular formula is C18H22N4O. The number of nitrogens with one attached hydrogen (secondary N) is 1. The molecule has 23 heavy (non-hydrogen) atoms. The molecule has 0 radical (unpaired) electrons. The van der Waals surface area contributed by atoms with Crippen molar-refractivity contribution in [3.8, 4) is 0 Å². The highest BCUT2D eigenvalue weighted by Crippen LogP contribution is 2.33. The van der Waals surface area contributed by atoms with Crippen LogP contribution in [0.15, 0.2) is 36.5 Å². The third-order valence-electron chi connectivity index (χ3n) is 4.22. The first-order valence-electron chi connectivity index (χ1n) is 7.87. The van der Waals surface area contributed by atoms with E-state index in [4.69, 9.17) is 5.73 Å². The fourth-order valence-corrected chi connectivity index (χ4v) is 3.03. The lowest BCUT2D eigenvalue weighted by Gasteiger charge is -2.27. The minimum absolute atomic E-state index is 0.0393. The topological polar surface area (TPSA) is 71.2 Å². The van der Waals surface area contributed by atoms with E-state index in [0.29, 0.717) is 5.56 Å². The second-order valence-electron chi connectivity index (χ2n) is 6.18. The van der Waals surface area contributed by atoms with Gasteiger partial charge >= 0.3 is 0 Å². The van der Waals surface area contributed by atoms with Crippen LogP contribution in [0.5, 0.6) is 0 Å². The van der Waals surface area contributed by atoms with Crippen molar-refractivity contribution < 1.29 is 4.79 Å². The van der Waals surface area contributed by atoms with Gasteiger partial charge in [-0.1, -0.05) is 6.07 Å². The Hall–Kier alpha value is -2.56. The second-order valence-corrected chi connectivity index (χ2v) is 6.18. The zero-order valence-electron chi connectivity index (χ0n) is 13.5. The summed E-state index contributed by atoms with van der Waals surface area (Å²) in [6, 6.07) is 10.0. The van der Waals surface area contributed by atoms with Crippen LogP contribution in [0.3, 0.4) is 0 Å². The largest absolute Gasteiger partial charge is 0.399 e. The van der Waals surface area contributed by atoms with Gasteiger partial charge in [-0.2, -0.15) is 0 Å². The van der Waals surface area contributed by atoms with Gasteiger partial charge in [0.05, 0.1) is 11.6 Å². The van der Waals surface area contributed by atoms with Gasteiger partial charge in [0.15, 0.2) is 0 Å². The van der Waals surface area contributed by atoms with Crippen molar-refractivity contribution in [1.82, 2.24) is 9.88 Å². The van der Waals surface area contributed by atoms with Crippen molar-refractivity contribution in [2.24, 2.45) is 0 Å². The summed E-state index contributed by atoms with van der Waals surface area (Å²) < 4.78 is 0. The van der Waals surface area contributed by atoms with Crippen molar-refractivity contribution in [2.45, 2.75) is 25.3 Å². The van der Waals surface area contributed by atoms with Crippen molar-refractivity contribution in [2.75, 3.05) is 25.1 Å². The molecule has 0 bridgehead atoms. The molecule has 5 heteroatoms. The maximum atomic E-state index is 11.9. The minimum atomic E-state index is -0.0393. The molecule has 0 saturated heterocycles. The fourth-order valence-electron chi connectivity index (χ4n) is 3.03. The number of anilines is 2. The number of fused-ring (bicyclic) bond motifs is 1. The van der Waals surface area contributed by atoms with Crippen LogP contribution in [-0.4, -0.2) is 29.9 Å². The fraction of sp³-hybridized carbons (Fsp3) is 0.333. The summed E-state index contributed by atoms with van der Waals surface area (Å²) in [6.45, 7) is 0. The molecule has 0 spiro atoms. The number of nitrogens with zero attached hydrogens (tertiary/aromatic N) is 2. The van der Waals surface area contributed by atoms with E-state index in [9.17, 15) is 4.79 Å². The molecule has 0 aliphatic heterocycles. The number of pyridine rings is 1. The number of benzene rings is 1. The molecule has 1 aliphatic carbocycles. The summed E-state index contributed by atoms with van der Waals surface area (Å²) in [5.41, 5.74) is 9.89. The molecule has 1 unspecified atom stereocenters. The summed E-state index contributed by atoms with van der Waals surface area (Å²) >= 11 is 0. The normalized spacial score (nSPS) is 16.5. The van der Waals surface area contributed by atoms with Crippen molar-refractivity contribution in [1.29, 1.82) is 0 Å². The zero-order chi connectivity index (χ0) is 16.4. The van der Waals surface area contributed by atoms with Crippen molar-refractivity contribution >= 4 is 17.4 Å². The van der Waals surface area contributed by atoms with Crippen LogP contribution < -0.4 is 11.1 Å². The third kappa shape index (κ3) is 3.28. The third-order valence-corrected chi connectivity index (χ3v) is 4.22. The van der Waals surface area contributed by atoms with Gasteiger partial charge in [-0.05, 0) is 54.7 Å². The first kappa shape index (κ1) is 15.3. The molecule has 3 rings (SSSR count). The standard InChI is InChI=1S/C18H22N4O/c1-22(2)18(23)13-6-9-17(20-11-13)21-16-5-3-4-12-10-14(19)7-8-15(12)16/h6-11,16H,3-5,19H2,1-2H3,(H,20,21). The Morgan fingerprint density at radius 1 is 1.30 bits per heavy atom. The van der Waals surface area contributed by atoms with E-state index >= 15 is 0 Å². The predicted octanol–water partition coefficient (Wildman–Crippen LogP) is 2.86. The Labute approximate surface area is 136 Å². The maximum Gasteiger partial charge on any atom is 0.254 e. The van der Waals surface area contributed by atoms with Crippen molar-refractivity contribution in [3.63, 3.8) is 0 Å². The summed E-state index contributed by atoms with van der Waals surface area (Å²) in [4.78, 5) is 17.8. The number of carbonyl (C=O) groups excluding carboxylic acids is 1. The second kappa shape index (κ2) is 6.28. The van der Waals surface area contributed by atoms with Gasteiger partial charge < -0.3 is 16.0 Å². The van der Waals surface area contributed by atoms with Crippen LogP contribution in [0.25, 0.3) is 0 Å². The van der Waals surface area contributed by atoms with E-state index in [1.165, 1.54) is 11.1 Å². The van der Waals surface area contributed by atoms with Crippen LogP contribution >= 0.6 is 0 Å². The number of nitrogens with two attached hydrogens (primary N) is 1. The molecule has 3 N–H and O–H groups in total. The first-order valence-corrected chi connectivity index (χ1v) is 7.87. The van der Waals surface area contributed by atoms with Crippen molar-refractivity contribution in [3.05, 3.63) is 53.2 Å². The van der Waals surface area contributed by atoms with Crippen LogP contribution in [-0.2, 0) is 6.42 Å². The number of aromatic nitrogens is 1. The quantitative estimate of drug-likeness (QED) is 0.855. The lowest BCUT2D eigenvalue weighted by molar-refractivity contribution is 0.0827. The molecule has 5 nitrogen and oxygen atoms in total. The SMILES string of the molecule is CN(C)C(=O)c1ccc(NC2CCCc3cc(N)ccc32)nc1. The maximum absolute atomic E-state index is 11.9. The monoisotopic (exact) mass is 310 g/mol. The van der Waals surface area contributed by atoms with E-state index in [2.05, 4.69) is 22.4 Å². The number of amides is 1. The number of rotatable bonds is 3. The predicted molar refractivity (Wildman–Crippen MR) is 92.4 cm³/mol. The van der Waals surface area contributed by atoms with Gasteiger partial charge in [-0.15, -0.1) is 0 Å². The molecule has 0 fully saturated rings. The summed E-state index contributed by atoms with van der Waals surface area (Å²) in [5.74, 6) is 0.748. The van der Waals surface area contributed by atoms with Gasteiger partial charge in [0, 0.05) is 26.0 Å². The van der Waals surface area contributed by atoms with E-state index < -0.39 is 0 Å². The number of hydrogen-bond donors (Lipinski definition) is 2. The highest BCUT2D eigenvalue weighted by Gasteiger charge is 2.20. The number of nitrogen functional groups attached to an aromatic ring is 1. The lowest BCUT2D eigenvalue weighted by Crippen LogP contribution is -2.22. The van der Waals surface area contributed by atoms with E-state index in [1.54, 1.807) is 25.2 Å². The Morgan fingerprint density at radius 3 is 2.83 bits per heavy atom. The number of aryl methyl sites for hydroxylation is 1. The lowest BCUT2D eigenvalue weighted by atomic mass is 9.87. The molecule has 0 saturated carbocycles. The van der Waals surface area contributed by atoms with Gasteiger partial charge in [-0.3, -0.25) is 4.79 Å². The summed E-state index contributed by atoms with van der Waals surface area (Å²) in [5, 5.41) is 3.48. The van der Waals surface area contributed by atoms with Crippen LogP contribution in [0.4, 0.5) is 11.5 Å². The average molecular weight is 310 g/mol. The molecule has 1 amide bonds. The Kier molecular flexibility index (Phi) is 4.19. The van der Waals surface area contributed by atoms with Gasteiger partial charge in [0.1, 0.15) is 5.82 Å².